The van der Waals surface area contributed by atoms with Crippen molar-refractivity contribution in [3.8, 4) is 0 Å². The van der Waals surface area contributed by atoms with Crippen LogP contribution in [0, 0.1) is 5.92 Å². The van der Waals surface area contributed by atoms with Crippen molar-refractivity contribution in [2.45, 2.75) is 19.3 Å². The summed E-state index contributed by atoms with van der Waals surface area (Å²) in [5.41, 5.74) is 0. The third-order valence-electron chi connectivity index (χ3n) is 3.15. The van der Waals surface area contributed by atoms with Gasteiger partial charge < -0.3 is 10.0 Å². The van der Waals surface area contributed by atoms with Crippen molar-refractivity contribution in [2.24, 2.45) is 5.92 Å². The van der Waals surface area contributed by atoms with Gasteiger partial charge in [-0.25, -0.2) is 0 Å². The Morgan fingerprint density at radius 2 is 2.47 bits per heavy atom. The molecular formula is C12H16BrNO2S. The van der Waals surface area contributed by atoms with Gasteiger partial charge in [0, 0.05) is 24.2 Å². The molecule has 0 aromatic carbocycles. The minimum Gasteiger partial charge on any atom is -0.396 e. The third-order valence-corrected chi connectivity index (χ3v) is 4.98. The van der Waals surface area contributed by atoms with Crippen molar-refractivity contribution >= 4 is 33.2 Å². The summed E-state index contributed by atoms with van der Waals surface area (Å²) in [5, 5.41) is 10.9. The summed E-state index contributed by atoms with van der Waals surface area (Å²) in [6.07, 6.45) is 2.96. The molecule has 5 heteroatoms. The Morgan fingerprint density at radius 3 is 3.12 bits per heavy atom. The first-order chi connectivity index (χ1) is 8.22. The van der Waals surface area contributed by atoms with Crippen LogP contribution in [0.5, 0.6) is 0 Å². The van der Waals surface area contributed by atoms with Gasteiger partial charge in [-0.3, -0.25) is 4.79 Å². The van der Waals surface area contributed by atoms with E-state index in [1.807, 2.05) is 16.3 Å². The summed E-state index contributed by atoms with van der Waals surface area (Å²) in [4.78, 5) is 15.0. The Labute approximate surface area is 114 Å². The fraction of sp³-hybridized carbons (Fsp3) is 0.583. The first-order valence-electron chi connectivity index (χ1n) is 5.85. The second-order valence-electron chi connectivity index (χ2n) is 4.37. The van der Waals surface area contributed by atoms with Crippen LogP contribution in [0.15, 0.2) is 15.9 Å². The molecule has 0 saturated carbocycles. The fourth-order valence-corrected chi connectivity index (χ4v) is 3.77. The molecule has 1 unspecified atom stereocenters. The zero-order valence-electron chi connectivity index (χ0n) is 9.56. The molecule has 1 aromatic rings. The van der Waals surface area contributed by atoms with Gasteiger partial charge in [-0.15, -0.1) is 11.3 Å². The number of aliphatic hydroxyl groups excluding tert-OH is 1. The molecule has 1 fully saturated rings. The van der Waals surface area contributed by atoms with Gasteiger partial charge in [-0.1, -0.05) is 0 Å². The first-order valence-corrected chi connectivity index (χ1v) is 7.52. The largest absolute Gasteiger partial charge is 0.396 e. The molecule has 2 rings (SSSR count). The maximum absolute atomic E-state index is 12.3. The van der Waals surface area contributed by atoms with E-state index >= 15 is 0 Å². The summed E-state index contributed by atoms with van der Waals surface area (Å²) in [7, 11) is 0. The number of aliphatic hydroxyl groups is 1. The lowest BCUT2D eigenvalue weighted by Gasteiger charge is -2.32. The molecule has 1 saturated heterocycles. The van der Waals surface area contributed by atoms with Crippen molar-refractivity contribution in [2.75, 3.05) is 19.7 Å². The van der Waals surface area contributed by atoms with Crippen molar-refractivity contribution < 1.29 is 9.90 Å². The van der Waals surface area contributed by atoms with Crippen molar-refractivity contribution in [1.29, 1.82) is 0 Å². The Hall–Kier alpha value is -0.390. The van der Waals surface area contributed by atoms with Crippen LogP contribution in [-0.2, 0) is 0 Å². The van der Waals surface area contributed by atoms with Crippen molar-refractivity contribution in [3.05, 3.63) is 20.8 Å². The number of hydrogen-bond acceptors (Lipinski definition) is 3. The molecule has 94 valence electrons. The monoisotopic (exact) mass is 317 g/mol. The number of rotatable bonds is 3. The number of carbonyl (C=O) groups excluding carboxylic acids is 1. The fourth-order valence-electron chi connectivity index (χ4n) is 2.26. The van der Waals surface area contributed by atoms with E-state index in [9.17, 15) is 4.79 Å². The summed E-state index contributed by atoms with van der Waals surface area (Å²) < 4.78 is 0.886. The average molecular weight is 318 g/mol. The van der Waals surface area contributed by atoms with Gasteiger partial charge in [0.1, 0.15) is 4.88 Å². The topological polar surface area (TPSA) is 40.5 Å². The molecule has 1 amide bonds. The molecule has 2 heterocycles. The number of halogens is 1. The van der Waals surface area contributed by atoms with E-state index in [1.165, 1.54) is 11.3 Å². The molecule has 0 bridgehead atoms. The second kappa shape index (κ2) is 5.98. The maximum Gasteiger partial charge on any atom is 0.265 e. The minimum atomic E-state index is 0.120. The number of likely N-dealkylation sites (tertiary alicyclic amines) is 1. The van der Waals surface area contributed by atoms with Crippen LogP contribution in [0.3, 0.4) is 0 Å². The number of nitrogens with zero attached hydrogens (tertiary/aromatic N) is 1. The Bertz CT molecular complexity index is 392. The number of amides is 1. The Balaban J connectivity index is 2.02. The lowest BCUT2D eigenvalue weighted by Crippen LogP contribution is -2.40. The number of hydrogen-bond donors (Lipinski definition) is 1. The number of piperidine rings is 1. The van der Waals surface area contributed by atoms with Crippen LogP contribution in [0.2, 0.25) is 0 Å². The van der Waals surface area contributed by atoms with Crippen LogP contribution < -0.4 is 0 Å². The van der Waals surface area contributed by atoms with E-state index in [0.29, 0.717) is 5.92 Å². The predicted molar refractivity (Wildman–Crippen MR) is 72.3 cm³/mol. The highest BCUT2D eigenvalue weighted by Crippen LogP contribution is 2.27. The van der Waals surface area contributed by atoms with Gasteiger partial charge in [0.25, 0.3) is 5.91 Å². The quantitative estimate of drug-likeness (QED) is 0.931. The molecule has 0 aliphatic carbocycles. The summed E-state index contributed by atoms with van der Waals surface area (Å²) in [6.45, 7) is 1.84. The van der Waals surface area contributed by atoms with E-state index < -0.39 is 0 Å². The van der Waals surface area contributed by atoms with E-state index in [-0.39, 0.29) is 12.5 Å². The van der Waals surface area contributed by atoms with E-state index in [4.69, 9.17) is 5.11 Å². The van der Waals surface area contributed by atoms with Crippen LogP contribution in [-0.4, -0.2) is 35.6 Å². The molecule has 0 spiro atoms. The SMILES string of the molecule is O=C(c1sccc1Br)N1CCCC(CCO)C1. The second-order valence-corrected chi connectivity index (χ2v) is 6.14. The normalized spacial score (nSPS) is 20.6. The minimum absolute atomic E-state index is 0.120. The van der Waals surface area contributed by atoms with Gasteiger partial charge in [-0.05, 0) is 52.6 Å². The van der Waals surface area contributed by atoms with Gasteiger partial charge in [0.05, 0.1) is 0 Å². The van der Waals surface area contributed by atoms with Gasteiger partial charge in [0.2, 0.25) is 0 Å². The molecule has 3 nitrogen and oxygen atoms in total. The standard InChI is InChI=1S/C12H16BrNO2S/c13-10-4-7-17-11(10)12(16)14-5-1-2-9(8-14)3-6-15/h4,7,9,15H,1-3,5-6,8H2. The number of thiophene rings is 1. The van der Waals surface area contributed by atoms with E-state index in [2.05, 4.69) is 15.9 Å². The van der Waals surface area contributed by atoms with E-state index in [0.717, 1.165) is 41.7 Å². The zero-order chi connectivity index (χ0) is 12.3. The molecule has 1 N–H and O–H groups in total. The van der Waals surface area contributed by atoms with Crippen LogP contribution >= 0.6 is 27.3 Å². The van der Waals surface area contributed by atoms with Crippen LogP contribution in [0.4, 0.5) is 0 Å². The molecule has 1 aromatic heterocycles. The third kappa shape index (κ3) is 3.09. The zero-order valence-corrected chi connectivity index (χ0v) is 12.0. The van der Waals surface area contributed by atoms with Gasteiger partial charge in [-0.2, -0.15) is 0 Å². The lowest BCUT2D eigenvalue weighted by molar-refractivity contribution is 0.0657. The van der Waals surface area contributed by atoms with Gasteiger partial charge >= 0.3 is 0 Å². The highest BCUT2D eigenvalue weighted by Gasteiger charge is 2.25. The summed E-state index contributed by atoms with van der Waals surface area (Å²) >= 11 is 4.88. The Morgan fingerprint density at radius 1 is 1.65 bits per heavy atom. The summed E-state index contributed by atoms with van der Waals surface area (Å²) in [5.74, 6) is 0.575. The smallest absolute Gasteiger partial charge is 0.265 e. The van der Waals surface area contributed by atoms with Crippen LogP contribution in [0.1, 0.15) is 28.9 Å². The molecular weight excluding hydrogens is 302 g/mol. The maximum atomic E-state index is 12.3. The molecule has 1 aliphatic heterocycles. The highest BCUT2D eigenvalue weighted by molar-refractivity contribution is 9.10. The van der Waals surface area contributed by atoms with Gasteiger partial charge in [0.15, 0.2) is 0 Å². The molecule has 1 aliphatic rings. The van der Waals surface area contributed by atoms with Crippen molar-refractivity contribution in [3.63, 3.8) is 0 Å². The van der Waals surface area contributed by atoms with Crippen molar-refractivity contribution in [1.82, 2.24) is 4.90 Å². The predicted octanol–water partition coefficient (Wildman–Crippen LogP) is 2.75. The highest BCUT2D eigenvalue weighted by atomic mass is 79.9. The Kier molecular flexibility index (Phi) is 4.59. The average Bonchev–Trinajstić information content (AvgIpc) is 2.75. The molecule has 0 radical (unpaired) electrons. The molecule has 1 atom stereocenters. The molecule has 17 heavy (non-hydrogen) atoms. The van der Waals surface area contributed by atoms with E-state index in [1.54, 1.807) is 0 Å². The number of carbonyl (C=O) groups is 1. The van der Waals surface area contributed by atoms with Crippen LogP contribution in [0.25, 0.3) is 0 Å². The lowest BCUT2D eigenvalue weighted by atomic mass is 9.95. The summed E-state index contributed by atoms with van der Waals surface area (Å²) in [6, 6.07) is 1.91. The first kappa shape index (κ1) is 13.1.